The van der Waals surface area contributed by atoms with Crippen LogP contribution in [0.5, 0.6) is 0 Å². The van der Waals surface area contributed by atoms with Crippen LogP contribution in [0.2, 0.25) is 5.02 Å². The van der Waals surface area contributed by atoms with Crippen LogP contribution in [0.3, 0.4) is 0 Å². The molecule has 0 saturated carbocycles. The predicted octanol–water partition coefficient (Wildman–Crippen LogP) is 3.28. The molecule has 0 atom stereocenters. The number of hydrogen-bond acceptors (Lipinski definition) is 3. The molecule has 0 saturated heterocycles. The summed E-state index contributed by atoms with van der Waals surface area (Å²) in [4.78, 5) is 13.1. The molecule has 0 fully saturated rings. The molecule has 0 radical (unpaired) electrons. The molecule has 0 aliphatic heterocycles. The number of carbonyl (C=O) groups excluding carboxylic acids is 1. The Hall–Kier alpha value is -1.53. The first-order chi connectivity index (χ1) is 8.11. The summed E-state index contributed by atoms with van der Waals surface area (Å²) in [5.41, 5.74) is 1.28. The van der Waals surface area contributed by atoms with Crippen molar-refractivity contribution in [2.45, 2.75) is 26.3 Å². The molecule has 0 aliphatic carbocycles. The topological polar surface area (TPSA) is 44.1 Å². The van der Waals surface area contributed by atoms with Gasteiger partial charge in [-0.05, 0) is 26.0 Å². The third-order valence-corrected chi connectivity index (χ3v) is 2.87. The SMILES string of the molecule is CC(C)N(CCC#N)c1cccc(Cl)c1C=O. The lowest BCUT2D eigenvalue weighted by Crippen LogP contribution is -2.32. The minimum atomic E-state index is 0.209. The van der Waals surface area contributed by atoms with Gasteiger partial charge in [0.05, 0.1) is 23.1 Å². The number of anilines is 1. The quantitative estimate of drug-likeness (QED) is 0.754. The minimum absolute atomic E-state index is 0.209. The normalized spacial score (nSPS) is 10.1. The number of nitriles is 1. The number of aldehydes is 1. The molecule has 0 bridgehead atoms. The Morgan fingerprint density at radius 1 is 1.53 bits per heavy atom. The van der Waals surface area contributed by atoms with Crippen molar-refractivity contribution in [1.29, 1.82) is 5.26 Å². The first kappa shape index (κ1) is 13.5. The maximum Gasteiger partial charge on any atom is 0.153 e. The maximum atomic E-state index is 11.1. The Balaban J connectivity index is 3.14. The van der Waals surface area contributed by atoms with Crippen LogP contribution in [0, 0.1) is 11.3 Å². The molecule has 0 aliphatic rings. The van der Waals surface area contributed by atoms with Gasteiger partial charge < -0.3 is 4.90 Å². The Bertz CT molecular complexity index is 438. The number of benzene rings is 1. The Morgan fingerprint density at radius 3 is 2.76 bits per heavy atom. The van der Waals surface area contributed by atoms with E-state index in [2.05, 4.69) is 6.07 Å². The third-order valence-electron chi connectivity index (χ3n) is 2.55. The molecular weight excluding hydrogens is 236 g/mol. The Labute approximate surface area is 107 Å². The van der Waals surface area contributed by atoms with E-state index in [4.69, 9.17) is 16.9 Å². The Morgan fingerprint density at radius 2 is 2.24 bits per heavy atom. The highest BCUT2D eigenvalue weighted by molar-refractivity contribution is 6.33. The molecule has 0 unspecified atom stereocenters. The van der Waals surface area contributed by atoms with E-state index < -0.39 is 0 Å². The van der Waals surface area contributed by atoms with Gasteiger partial charge in [-0.2, -0.15) is 5.26 Å². The molecule has 90 valence electrons. The first-order valence-electron chi connectivity index (χ1n) is 5.49. The monoisotopic (exact) mass is 250 g/mol. The zero-order valence-electron chi connectivity index (χ0n) is 9.98. The number of nitrogens with zero attached hydrogens (tertiary/aromatic N) is 2. The highest BCUT2D eigenvalue weighted by atomic mass is 35.5. The van der Waals surface area contributed by atoms with Crippen LogP contribution in [-0.2, 0) is 0 Å². The van der Waals surface area contributed by atoms with Crippen molar-refractivity contribution in [1.82, 2.24) is 0 Å². The van der Waals surface area contributed by atoms with Gasteiger partial charge in [0.15, 0.2) is 6.29 Å². The fraction of sp³-hybridized carbons (Fsp3) is 0.385. The maximum absolute atomic E-state index is 11.1. The van der Waals surface area contributed by atoms with Crippen molar-refractivity contribution in [3.8, 4) is 6.07 Å². The molecule has 3 nitrogen and oxygen atoms in total. The van der Waals surface area contributed by atoms with Gasteiger partial charge in [-0.15, -0.1) is 0 Å². The third kappa shape index (κ3) is 3.21. The van der Waals surface area contributed by atoms with Crippen LogP contribution in [0.15, 0.2) is 18.2 Å². The highest BCUT2D eigenvalue weighted by Gasteiger charge is 2.15. The van der Waals surface area contributed by atoms with E-state index in [-0.39, 0.29) is 6.04 Å². The van der Waals surface area contributed by atoms with E-state index in [0.717, 1.165) is 12.0 Å². The molecule has 1 aromatic carbocycles. The molecule has 1 aromatic rings. The smallest absolute Gasteiger partial charge is 0.153 e. The van der Waals surface area contributed by atoms with Crippen molar-refractivity contribution < 1.29 is 4.79 Å². The van der Waals surface area contributed by atoms with Gasteiger partial charge in [0.1, 0.15) is 0 Å². The summed E-state index contributed by atoms with van der Waals surface area (Å²) < 4.78 is 0. The average Bonchev–Trinajstić information content (AvgIpc) is 2.29. The summed E-state index contributed by atoms with van der Waals surface area (Å²) in [7, 11) is 0. The fourth-order valence-corrected chi connectivity index (χ4v) is 1.93. The average molecular weight is 251 g/mol. The molecule has 1 rings (SSSR count). The summed E-state index contributed by atoms with van der Waals surface area (Å²) in [5, 5.41) is 9.10. The van der Waals surface area contributed by atoms with Crippen LogP contribution in [-0.4, -0.2) is 18.9 Å². The van der Waals surface area contributed by atoms with Gasteiger partial charge in [-0.1, -0.05) is 17.7 Å². The van der Waals surface area contributed by atoms with Crippen molar-refractivity contribution in [3.63, 3.8) is 0 Å². The van der Waals surface area contributed by atoms with Crippen LogP contribution in [0.25, 0.3) is 0 Å². The predicted molar refractivity (Wildman–Crippen MR) is 69.6 cm³/mol. The van der Waals surface area contributed by atoms with E-state index in [1.807, 2.05) is 30.9 Å². The molecule has 0 spiro atoms. The first-order valence-corrected chi connectivity index (χ1v) is 5.87. The van der Waals surface area contributed by atoms with Gasteiger partial charge >= 0.3 is 0 Å². The van der Waals surface area contributed by atoms with E-state index in [1.54, 1.807) is 6.07 Å². The fourth-order valence-electron chi connectivity index (χ4n) is 1.72. The number of hydrogen-bond donors (Lipinski definition) is 0. The van der Waals surface area contributed by atoms with Gasteiger partial charge in [-0.25, -0.2) is 0 Å². The van der Waals surface area contributed by atoms with Crippen molar-refractivity contribution in [2.24, 2.45) is 0 Å². The lowest BCUT2D eigenvalue weighted by Gasteiger charge is -2.29. The molecule has 0 N–H and O–H groups in total. The van der Waals surface area contributed by atoms with E-state index in [9.17, 15) is 4.79 Å². The van der Waals surface area contributed by atoms with Crippen molar-refractivity contribution in [3.05, 3.63) is 28.8 Å². The second-order valence-corrected chi connectivity index (χ2v) is 4.39. The highest BCUT2D eigenvalue weighted by Crippen LogP contribution is 2.27. The molecule has 0 heterocycles. The summed E-state index contributed by atoms with van der Waals surface area (Å²) in [6, 6.07) is 7.68. The van der Waals surface area contributed by atoms with Crippen LogP contribution in [0.1, 0.15) is 30.6 Å². The van der Waals surface area contributed by atoms with Gasteiger partial charge in [0.25, 0.3) is 0 Å². The van der Waals surface area contributed by atoms with Gasteiger partial charge in [-0.3, -0.25) is 4.79 Å². The van der Waals surface area contributed by atoms with Crippen LogP contribution < -0.4 is 4.90 Å². The van der Waals surface area contributed by atoms with E-state index in [1.165, 1.54) is 0 Å². The second-order valence-electron chi connectivity index (χ2n) is 3.99. The van der Waals surface area contributed by atoms with Crippen molar-refractivity contribution in [2.75, 3.05) is 11.4 Å². The largest absolute Gasteiger partial charge is 0.367 e. The molecular formula is C13H15ClN2O. The molecule has 4 heteroatoms. The van der Waals surface area contributed by atoms with Crippen molar-refractivity contribution >= 4 is 23.6 Å². The van der Waals surface area contributed by atoms with Gasteiger partial charge in [0, 0.05) is 18.3 Å². The summed E-state index contributed by atoms with van der Waals surface area (Å²) in [5.74, 6) is 0. The molecule has 0 aromatic heterocycles. The lowest BCUT2D eigenvalue weighted by molar-refractivity contribution is 0.112. The lowest BCUT2D eigenvalue weighted by atomic mass is 10.1. The molecule has 0 amide bonds. The zero-order valence-corrected chi connectivity index (χ0v) is 10.7. The number of halogens is 1. The second kappa shape index (κ2) is 6.27. The number of rotatable bonds is 5. The summed E-state index contributed by atoms with van der Waals surface area (Å²) in [6.45, 7) is 4.63. The zero-order chi connectivity index (χ0) is 12.8. The van der Waals surface area contributed by atoms with Crippen LogP contribution >= 0.6 is 11.6 Å². The molecule has 17 heavy (non-hydrogen) atoms. The summed E-state index contributed by atoms with van der Waals surface area (Å²) in [6.07, 6.45) is 1.18. The van der Waals surface area contributed by atoms with E-state index in [0.29, 0.717) is 23.6 Å². The minimum Gasteiger partial charge on any atom is -0.367 e. The van der Waals surface area contributed by atoms with Gasteiger partial charge in [0.2, 0.25) is 0 Å². The van der Waals surface area contributed by atoms with Crippen LogP contribution in [0.4, 0.5) is 5.69 Å². The summed E-state index contributed by atoms with van der Waals surface area (Å²) >= 11 is 5.99. The van der Waals surface area contributed by atoms with E-state index >= 15 is 0 Å². The Kier molecular flexibility index (Phi) is 4.99. The number of carbonyl (C=O) groups is 1. The standard InChI is InChI=1S/C13H15ClN2O/c1-10(2)16(8-4-7-15)13-6-3-5-12(14)11(13)9-17/h3,5-6,9-10H,4,8H2,1-2H3.